The number of nitrogens with one attached hydrogen (secondary N) is 1. The standard InChI is InChI=1S/C22H20N6O4/c1-2-32-18-12-7-14-5-3-4-6-17(14)20(18)21(30)24-15-8-10-16(11-9-15)28-22(31)27(25-26-28)13-19(23)29/h3-12H,2,13H2,1H3,(H2,23,29)(H,24,30). The lowest BCUT2D eigenvalue weighted by molar-refractivity contribution is -0.118. The molecule has 10 nitrogen and oxygen atoms in total. The number of anilines is 1. The number of hydrogen-bond acceptors (Lipinski definition) is 6. The molecule has 0 saturated heterocycles. The van der Waals surface area contributed by atoms with Crippen molar-refractivity contribution >= 4 is 28.3 Å². The summed E-state index contributed by atoms with van der Waals surface area (Å²) < 4.78 is 7.58. The van der Waals surface area contributed by atoms with Crippen molar-refractivity contribution in [3.8, 4) is 11.4 Å². The Labute approximate surface area is 182 Å². The van der Waals surface area contributed by atoms with Crippen LogP contribution in [0.15, 0.2) is 65.5 Å². The summed E-state index contributed by atoms with van der Waals surface area (Å²) in [6, 6.07) is 17.8. The van der Waals surface area contributed by atoms with E-state index in [1.54, 1.807) is 30.3 Å². The van der Waals surface area contributed by atoms with Gasteiger partial charge < -0.3 is 15.8 Å². The van der Waals surface area contributed by atoms with Crippen LogP contribution in [-0.4, -0.2) is 38.2 Å². The number of tetrazole rings is 1. The molecular weight excluding hydrogens is 412 g/mol. The first-order chi connectivity index (χ1) is 15.5. The molecule has 0 fully saturated rings. The normalized spacial score (nSPS) is 10.8. The molecule has 4 rings (SSSR count). The van der Waals surface area contributed by atoms with Gasteiger partial charge in [0, 0.05) is 5.69 Å². The quantitative estimate of drug-likeness (QED) is 0.457. The van der Waals surface area contributed by atoms with Crippen LogP contribution in [0, 0.1) is 0 Å². The third-order valence-corrected chi connectivity index (χ3v) is 4.73. The van der Waals surface area contributed by atoms with E-state index in [1.165, 1.54) is 0 Å². The molecule has 0 atom stereocenters. The van der Waals surface area contributed by atoms with E-state index in [0.717, 1.165) is 20.1 Å². The molecular formula is C22H20N6O4. The third-order valence-electron chi connectivity index (χ3n) is 4.73. The summed E-state index contributed by atoms with van der Waals surface area (Å²) in [5.74, 6) is -0.516. The molecule has 0 aliphatic rings. The van der Waals surface area contributed by atoms with E-state index >= 15 is 0 Å². The van der Waals surface area contributed by atoms with Gasteiger partial charge in [-0.15, -0.1) is 0 Å². The summed E-state index contributed by atoms with van der Waals surface area (Å²) in [4.78, 5) is 36.4. The number of carbonyl (C=O) groups excluding carboxylic acids is 2. The number of aromatic nitrogens is 4. The summed E-state index contributed by atoms with van der Waals surface area (Å²) >= 11 is 0. The smallest absolute Gasteiger partial charge is 0.368 e. The van der Waals surface area contributed by atoms with E-state index in [-0.39, 0.29) is 12.5 Å². The van der Waals surface area contributed by atoms with E-state index in [2.05, 4.69) is 15.7 Å². The highest BCUT2D eigenvalue weighted by Gasteiger charge is 2.17. The monoisotopic (exact) mass is 432 g/mol. The van der Waals surface area contributed by atoms with Gasteiger partial charge in [0.1, 0.15) is 12.3 Å². The lowest BCUT2D eigenvalue weighted by Crippen LogP contribution is -2.30. The maximum absolute atomic E-state index is 13.1. The number of nitrogens with zero attached hydrogens (tertiary/aromatic N) is 4. The van der Waals surface area contributed by atoms with Crippen molar-refractivity contribution in [1.29, 1.82) is 0 Å². The first kappa shape index (κ1) is 20.8. The number of nitrogens with two attached hydrogens (primary N) is 1. The second kappa shape index (κ2) is 8.72. The van der Waals surface area contributed by atoms with Crippen LogP contribution in [0.2, 0.25) is 0 Å². The van der Waals surface area contributed by atoms with Crippen molar-refractivity contribution in [2.24, 2.45) is 5.73 Å². The van der Waals surface area contributed by atoms with Gasteiger partial charge in [-0.25, -0.2) is 4.79 Å². The number of rotatable bonds is 7. The SMILES string of the molecule is CCOc1ccc2ccccc2c1C(=O)Nc1ccc(-n2nnn(CC(N)=O)c2=O)cc1. The Bertz CT molecular complexity index is 1360. The molecule has 4 aromatic rings. The van der Waals surface area contributed by atoms with Gasteiger partial charge in [0.15, 0.2) is 0 Å². The summed E-state index contributed by atoms with van der Waals surface area (Å²) in [5, 5.41) is 12.0. The third kappa shape index (κ3) is 4.06. The van der Waals surface area contributed by atoms with Crippen molar-refractivity contribution in [3.05, 3.63) is 76.7 Å². The lowest BCUT2D eigenvalue weighted by Gasteiger charge is -2.14. The van der Waals surface area contributed by atoms with Crippen molar-refractivity contribution < 1.29 is 14.3 Å². The highest BCUT2D eigenvalue weighted by molar-refractivity contribution is 6.15. The summed E-state index contributed by atoms with van der Waals surface area (Å²) in [6.07, 6.45) is 0. The summed E-state index contributed by atoms with van der Waals surface area (Å²) in [6.45, 7) is 1.93. The maximum Gasteiger partial charge on any atom is 0.368 e. The summed E-state index contributed by atoms with van der Waals surface area (Å²) in [5.41, 5.74) is 5.88. The Hall–Kier alpha value is -4.47. The van der Waals surface area contributed by atoms with Gasteiger partial charge >= 0.3 is 5.69 Å². The number of fused-ring (bicyclic) bond motifs is 1. The number of amides is 2. The molecule has 0 saturated carbocycles. The van der Waals surface area contributed by atoms with Gasteiger partial charge in [-0.1, -0.05) is 30.3 Å². The molecule has 1 heterocycles. The van der Waals surface area contributed by atoms with Gasteiger partial charge in [-0.3, -0.25) is 9.59 Å². The average molecular weight is 432 g/mol. The minimum Gasteiger partial charge on any atom is -0.493 e. The molecule has 32 heavy (non-hydrogen) atoms. The highest BCUT2D eigenvalue weighted by atomic mass is 16.5. The molecule has 10 heteroatoms. The Morgan fingerprint density at radius 2 is 1.78 bits per heavy atom. The van der Waals surface area contributed by atoms with E-state index in [0.29, 0.717) is 29.3 Å². The van der Waals surface area contributed by atoms with Crippen LogP contribution in [-0.2, 0) is 11.3 Å². The molecule has 0 aliphatic heterocycles. The fraction of sp³-hybridized carbons (Fsp3) is 0.136. The van der Waals surface area contributed by atoms with Gasteiger partial charge in [0.2, 0.25) is 5.91 Å². The molecule has 162 valence electrons. The van der Waals surface area contributed by atoms with Crippen LogP contribution in [0.5, 0.6) is 5.75 Å². The minimum absolute atomic E-state index is 0.317. The molecule has 0 bridgehead atoms. The molecule has 0 aliphatic carbocycles. The topological polar surface area (TPSA) is 134 Å². The predicted molar refractivity (Wildman–Crippen MR) is 118 cm³/mol. The van der Waals surface area contributed by atoms with Crippen molar-refractivity contribution in [2.45, 2.75) is 13.5 Å². The number of ether oxygens (including phenoxy) is 1. The zero-order valence-electron chi connectivity index (χ0n) is 17.2. The van der Waals surface area contributed by atoms with Crippen LogP contribution in [0.1, 0.15) is 17.3 Å². The first-order valence-corrected chi connectivity index (χ1v) is 9.85. The molecule has 3 N–H and O–H groups in total. The van der Waals surface area contributed by atoms with Gasteiger partial charge in [-0.2, -0.15) is 9.36 Å². The van der Waals surface area contributed by atoms with Crippen LogP contribution < -0.4 is 21.5 Å². The van der Waals surface area contributed by atoms with Crippen molar-refractivity contribution in [2.75, 3.05) is 11.9 Å². The number of carbonyl (C=O) groups is 2. The van der Waals surface area contributed by atoms with Gasteiger partial charge in [-0.05, 0) is 58.5 Å². The zero-order chi connectivity index (χ0) is 22.7. The maximum atomic E-state index is 13.1. The van der Waals surface area contributed by atoms with E-state index in [1.807, 2.05) is 37.3 Å². The minimum atomic E-state index is -0.697. The predicted octanol–water partition coefficient (Wildman–Crippen LogP) is 1.72. The van der Waals surface area contributed by atoms with Crippen LogP contribution in [0.25, 0.3) is 16.5 Å². The Kier molecular flexibility index (Phi) is 5.67. The molecule has 0 radical (unpaired) electrons. The molecule has 2 amide bonds. The van der Waals surface area contributed by atoms with Crippen LogP contribution >= 0.6 is 0 Å². The van der Waals surface area contributed by atoms with E-state index in [9.17, 15) is 14.4 Å². The first-order valence-electron chi connectivity index (χ1n) is 9.85. The Morgan fingerprint density at radius 3 is 2.50 bits per heavy atom. The molecule has 0 unspecified atom stereocenters. The number of primary amides is 1. The van der Waals surface area contributed by atoms with Crippen LogP contribution in [0.4, 0.5) is 5.69 Å². The second-order valence-electron chi connectivity index (χ2n) is 6.89. The Balaban J connectivity index is 1.60. The number of benzene rings is 3. The van der Waals surface area contributed by atoms with Gasteiger partial charge in [0.05, 0.1) is 17.9 Å². The second-order valence-corrected chi connectivity index (χ2v) is 6.89. The number of hydrogen-bond donors (Lipinski definition) is 2. The van der Waals surface area contributed by atoms with Crippen LogP contribution in [0.3, 0.4) is 0 Å². The largest absolute Gasteiger partial charge is 0.493 e. The van der Waals surface area contributed by atoms with Crippen molar-refractivity contribution in [3.63, 3.8) is 0 Å². The fourth-order valence-electron chi connectivity index (χ4n) is 3.32. The van der Waals surface area contributed by atoms with E-state index in [4.69, 9.17) is 10.5 Å². The Morgan fingerprint density at radius 1 is 1.03 bits per heavy atom. The summed E-state index contributed by atoms with van der Waals surface area (Å²) in [7, 11) is 0. The zero-order valence-corrected chi connectivity index (χ0v) is 17.2. The molecule has 0 spiro atoms. The van der Waals surface area contributed by atoms with E-state index < -0.39 is 11.6 Å². The molecule has 1 aromatic heterocycles. The molecule has 3 aromatic carbocycles. The van der Waals surface area contributed by atoms with Crippen molar-refractivity contribution in [1.82, 2.24) is 19.8 Å². The lowest BCUT2D eigenvalue weighted by atomic mass is 10.0. The highest BCUT2D eigenvalue weighted by Crippen LogP contribution is 2.29. The average Bonchev–Trinajstić information content (AvgIpc) is 3.13. The fourth-order valence-corrected chi connectivity index (χ4v) is 3.32. The van der Waals surface area contributed by atoms with Gasteiger partial charge in [0.25, 0.3) is 5.91 Å².